The minimum atomic E-state index is -0.120. The number of hydrogen-bond donors (Lipinski definition) is 1. The first-order valence-electron chi connectivity index (χ1n) is 4.75. The van der Waals surface area contributed by atoms with Gasteiger partial charge in [0.05, 0.1) is 0 Å². The molecule has 0 saturated carbocycles. The summed E-state index contributed by atoms with van der Waals surface area (Å²) >= 11 is 0. The summed E-state index contributed by atoms with van der Waals surface area (Å²) in [5.74, 6) is -0.212. The number of carbonyl (C=O) groups is 2. The molecule has 1 aromatic rings. The van der Waals surface area contributed by atoms with Crippen molar-refractivity contribution in [2.45, 2.75) is 6.92 Å². The number of allylic oxidation sites excluding steroid dienone is 1. The minimum absolute atomic E-state index is 0.0920. The Morgan fingerprint density at radius 3 is 2.13 bits per heavy atom. The summed E-state index contributed by atoms with van der Waals surface area (Å²) in [7, 11) is 0. The number of carbonyl (C=O) groups excluding carboxylic acids is 2. The smallest absolute Gasteiger partial charge is 0.191 e. The highest BCUT2D eigenvalue weighted by molar-refractivity contribution is 6.26. The van der Waals surface area contributed by atoms with Crippen molar-refractivity contribution in [1.29, 1.82) is 0 Å². The van der Waals surface area contributed by atoms with Gasteiger partial charge in [0.1, 0.15) is 0 Å². The van der Waals surface area contributed by atoms with Gasteiger partial charge in [-0.2, -0.15) is 0 Å². The van der Waals surface area contributed by atoms with Crippen molar-refractivity contribution in [2.75, 3.05) is 6.54 Å². The summed E-state index contributed by atoms with van der Waals surface area (Å²) < 4.78 is 0. The van der Waals surface area contributed by atoms with Gasteiger partial charge in [0, 0.05) is 28.8 Å². The van der Waals surface area contributed by atoms with E-state index in [0.29, 0.717) is 22.3 Å². The molecule has 0 radical (unpaired) electrons. The fourth-order valence-electron chi connectivity index (χ4n) is 1.80. The fourth-order valence-corrected chi connectivity index (χ4v) is 1.80. The molecule has 3 heteroatoms. The Labute approximate surface area is 87.6 Å². The summed E-state index contributed by atoms with van der Waals surface area (Å²) in [5.41, 5.74) is 7.32. The summed E-state index contributed by atoms with van der Waals surface area (Å²) in [4.78, 5) is 23.8. The zero-order valence-electron chi connectivity index (χ0n) is 8.41. The standard InChI is InChI=1S/C12H11NO2/c1-7-10(6-13)12(15)9-5-3-2-4-8(9)11(7)14/h2-5H,6,13H2,1H3. The quantitative estimate of drug-likeness (QED) is 0.745. The Morgan fingerprint density at radius 1 is 1.07 bits per heavy atom. The second kappa shape index (κ2) is 3.44. The van der Waals surface area contributed by atoms with Crippen LogP contribution in [-0.4, -0.2) is 18.1 Å². The summed E-state index contributed by atoms with van der Waals surface area (Å²) in [6.07, 6.45) is 0. The van der Waals surface area contributed by atoms with Crippen LogP contribution in [0.15, 0.2) is 35.4 Å². The lowest BCUT2D eigenvalue weighted by molar-refractivity contribution is 0.0974. The fraction of sp³-hybridized carbons (Fsp3) is 0.167. The van der Waals surface area contributed by atoms with E-state index in [0.717, 1.165) is 0 Å². The SMILES string of the molecule is CC1=C(CN)C(=O)c2ccccc2C1=O. The summed E-state index contributed by atoms with van der Waals surface area (Å²) in [6.45, 7) is 1.77. The molecule has 0 unspecified atom stereocenters. The van der Waals surface area contributed by atoms with E-state index in [1.165, 1.54) is 0 Å². The first-order valence-corrected chi connectivity index (χ1v) is 4.75. The normalized spacial score (nSPS) is 15.6. The van der Waals surface area contributed by atoms with Crippen molar-refractivity contribution >= 4 is 11.6 Å². The molecule has 0 saturated heterocycles. The largest absolute Gasteiger partial charge is 0.326 e. The molecular weight excluding hydrogens is 190 g/mol. The maximum atomic E-state index is 11.9. The van der Waals surface area contributed by atoms with E-state index < -0.39 is 0 Å². The van der Waals surface area contributed by atoms with Gasteiger partial charge in [0.25, 0.3) is 0 Å². The van der Waals surface area contributed by atoms with E-state index in [1.54, 1.807) is 31.2 Å². The van der Waals surface area contributed by atoms with Crippen LogP contribution >= 0.6 is 0 Å². The van der Waals surface area contributed by atoms with Gasteiger partial charge in [-0.05, 0) is 6.92 Å². The molecule has 3 nitrogen and oxygen atoms in total. The van der Waals surface area contributed by atoms with Crippen molar-refractivity contribution < 1.29 is 9.59 Å². The molecule has 15 heavy (non-hydrogen) atoms. The monoisotopic (exact) mass is 201 g/mol. The molecule has 0 heterocycles. The van der Waals surface area contributed by atoms with Gasteiger partial charge in [-0.15, -0.1) is 0 Å². The predicted octanol–water partition coefficient (Wildman–Crippen LogP) is 1.34. The highest BCUT2D eigenvalue weighted by Gasteiger charge is 2.28. The average molecular weight is 201 g/mol. The number of benzene rings is 1. The molecule has 76 valence electrons. The zero-order valence-corrected chi connectivity index (χ0v) is 8.41. The van der Waals surface area contributed by atoms with Crippen LogP contribution in [-0.2, 0) is 0 Å². The number of Topliss-reactive ketones (excluding diaryl/α,β-unsaturated/α-hetero) is 2. The van der Waals surface area contributed by atoms with Crippen molar-refractivity contribution in [2.24, 2.45) is 5.73 Å². The van der Waals surface area contributed by atoms with Gasteiger partial charge in [0.2, 0.25) is 0 Å². The summed E-state index contributed by atoms with van der Waals surface area (Å²) in [6, 6.07) is 6.84. The molecule has 0 amide bonds. The molecular formula is C12H11NO2. The van der Waals surface area contributed by atoms with Gasteiger partial charge in [0.15, 0.2) is 11.6 Å². The van der Waals surface area contributed by atoms with Crippen LogP contribution < -0.4 is 5.73 Å². The minimum Gasteiger partial charge on any atom is -0.326 e. The van der Waals surface area contributed by atoms with Crippen molar-refractivity contribution in [1.82, 2.24) is 0 Å². The maximum absolute atomic E-state index is 11.9. The Balaban J connectivity index is 2.68. The molecule has 0 bridgehead atoms. The molecule has 0 fully saturated rings. The van der Waals surface area contributed by atoms with Gasteiger partial charge in [-0.3, -0.25) is 9.59 Å². The summed E-state index contributed by atoms with van der Waals surface area (Å²) in [5, 5.41) is 0. The molecule has 0 atom stereocenters. The van der Waals surface area contributed by atoms with Crippen LogP contribution in [0.1, 0.15) is 27.6 Å². The average Bonchev–Trinajstić information content (AvgIpc) is 2.27. The molecule has 1 aliphatic rings. The number of hydrogen-bond acceptors (Lipinski definition) is 3. The van der Waals surface area contributed by atoms with E-state index in [-0.39, 0.29) is 18.1 Å². The molecule has 1 aromatic carbocycles. The third kappa shape index (κ3) is 1.32. The number of fused-ring (bicyclic) bond motifs is 1. The molecule has 0 aromatic heterocycles. The highest BCUT2D eigenvalue weighted by atomic mass is 16.1. The number of rotatable bonds is 1. The Morgan fingerprint density at radius 2 is 1.60 bits per heavy atom. The van der Waals surface area contributed by atoms with Crippen LogP contribution in [0, 0.1) is 0 Å². The topological polar surface area (TPSA) is 60.2 Å². The van der Waals surface area contributed by atoms with Crippen molar-refractivity contribution in [3.8, 4) is 0 Å². The van der Waals surface area contributed by atoms with Crippen LogP contribution in [0.4, 0.5) is 0 Å². The molecule has 1 aliphatic carbocycles. The van der Waals surface area contributed by atoms with E-state index in [9.17, 15) is 9.59 Å². The number of nitrogens with two attached hydrogens (primary N) is 1. The predicted molar refractivity (Wildman–Crippen MR) is 56.9 cm³/mol. The molecule has 0 aliphatic heterocycles. The first kappa shape index (κ1) is 9.80. The van der Waals surface area contributed by atoms with Gasteiger partial charge >= 0.3 is 0 Å². The van der Waals surface area contributed by atoms with Crippen molar-refractivity contribution in [3.63, 3.8) is 0 Å². The van der Waals surface area contributed by atoms with Gasteiger partial charge in [-0.25, -0.2) is 0 Å². The lowest BCUT2D eigenvalue weighted by Crippen LogP contribution is -2.25. The zero-order chi connectivity index (χ0) is 11.0. The van der Waals surface area contributed by atoms with Gasteiger partial charge in [-0.1, -0.05) is 24.3 Å². The van der Waals surface area contributed by atoms with Gasteiger partial charge < -0.3 is 5.73 Å². The Bertz CT molecular complexity index is 486. The lowest BCUT2D eigenvalue weighted by atomic mass is 9.85. The highest BCUT2D eigenvalue weighted by Crippen LogP contribution is 2.25. The lowest BCUT2D eigenvalue weighted by Gasteiger charge is -2.17. The second-order valence-corrected chi connectivity index (χ2v) is 3.51. The van der Waals surface area contributed by atoms with Crippen LogP contribution in [0.25, 0.3) is 0 Å². The van der Waals surface area contributed by atoms with Crippen LogP contribution in [0.2, 0.25) is 0 Å². The van der Waals surface area contributed by atoms with E-state index >= 15 is 0 Å². The Kier molecular flexibility index (Phi) is 2.25. The molecule has 2 rings (SSSR count). The third-order valence-electron chi connectivity index (χ3n) is 2.69. The molecule has 0 spiro atoms. The van der Waals surface area contributed by atoms with E-state index in [4.69, 9.17) is 5.73 Å². The van der Waals surface area contributed by atoms with Crippen LogP contribution in [0.5, 0.6) is 0 Å². The van der Waals surface area contributed by atoms with E-state index in [2.05, 4.69) is 0 Å². The van der Waals surface area contributed by atoms with E-state index in [1.807, 2.05) is 0 Å². The number of ketones is 2. The second-order valence-electron chi connectivity index (χ2n) is 3.51. The molecule has 2 N–H and O–H groups in total. The van der Waals surface area contributed by atoms with Crippen molar-refractivity contribution in [3.05, 3.63) is 46.5 Å². The first-order chi connectivity index (χ1) is 7.16. The van der Waals surface area contributed by atoms with Crippen LogP contribution in [0.3, 0.4) is 0 Å². The third-order valence-corrected chi connectivity index (χ3v) is 2.69. The maximum Gasteiger partial charge on any atom is 0.191 e. The Hall–Kier alpha value is -1.74.